The average molecular weight is 693 g/mol. The number of nitrogens with zero attached hydrogens (tertiary/aromatic N) is 3. The molecule has 6 rings (SSSR count). The van der Waals surface area contributed by atoms with Crippen molar-refractivity contribution in [2.24, 2.45) is 23.7 Å². The molecule has 2 N–H and O–H groups in total. The van der Waals surface area contributed by atoms with Crippen LogP contribution in [0.3, 0.4) is 0 Å². The Bertz CT molecular complexity index is 1660. The van der Waals surface area contributed by atoms with Gasteiger partial charge in [0.15, 0.2) is 5.82 Å². The zero-order valence-electron chi connectivity index (χ0n) is 30.1. The van der Waals surface area contributed by atoms with Gasteiger partial charge in [0.25, 0.3) is 0 Å². The largest absolute Gasteiger partial charge is 0.497 e. The van der Waals surface area contributed by atoms with Gasteiger partial charge in [-0.3, -0.25) is 14.4 Å². The van der Waals surface area contributed by atoms with E-state index in [1.807, 2.05) is 60.9 Å². The van der Waals surface area contributed by atoms with Crippen LogP contribution in [-0.4, -0.2) is 57.5 Å². The lowest BCUT2D eigenvalue weighted by atomic mass is 9.71. The van der Waals surface area contributed by atoms with Crippen LogP contribution in [0.1, 0.15) is 94.2 Å². The fourth-order valence-electron chi connectivity index (χ4n) is 8.41. The van der Waals surface area contributed by atoms with Gasteiger partial charge < -0.3 is 20.1 Å². The summed E-state index contributed by atoms with van der Waals surface area (Å²) in [6.45, 7) is 2.13. The molecule has 1 aromatic heterocycles. The van der Waals surface area contributed by atoms with Crippen molar-refractivity contribution in [1.29, 1.82) is 0 Å². The molecule has 0 spiro atoms. The Labute approximate surface area is 301 Å². The van der Waals surface area contributed by atoms with Crippen LogP contribution in [0.15, 0.2) is 67.0 Å². The first-order valence-corrected chi connectivity index (χ1v) is 18.8. The summed E-state index contributed by atoms with van der Waals surface area (Å²) in [5.41, 5.74) is 5.02. The number of aromatic nitrogens is 2. The van der Waals surface area contributed by atoms with Crippen LogP contribution in [0.2, 0.25) is 0 Å². The molecule has 2 aromatic carbocycles. The van der Waals surface area contributed by atoms with Gasteiger partial charge in [-0.2, -0.15) is 0 Å². The number of ether oxygens (including phenoxy) is 1. The minimum atomic E-state index is -1.06. The Morgan fingerprint density at radius 1 is 0.863 bits per heavy atom. The summed E-state index contributed by atoms with van der Waals surface area (Å²) in [6, 6.07) is 14.9. The Balaban J connectivity index is 1.00. The maximum atomic E-state index is 13.6. The number of carboxylic acids is 1. The molecule has 3 aliphatic carbocycles. The number of benzene rings is 2. The van der Waals surface area contributed by atoms with Gasteiger partial charge in [0.2, 0.25) is 11.8 Å². The lowest BCUT2D eigenvalue weighted by molar-refractivity contribution is -0.146. The minimum Gasteiger partial charge on any atom is -0.497 e. The summed E-state index contributed by atoms with van der Waals surface area (Å²) < 4.78 is 5.18. The van der Waals surface area contributed by atoms with Crippen LogP contribution in [-0.2, 0) is 27.3 Å². The van der Waals surface area contributed by atoms with Crippen molar-refractivity contribution in [2.75, 3.05) is 13.7 Å². The van der Waals surface area contributed by atoms with Crippen LogP contribution in [0, 0.1) is 23.7 Å². The number of nitrogens with one attached hydrogen (secondary N) is 1. The molecular weight excluding hydrogens is 640 g/mol. The zero-order chi connectivity index (χ0) is 35.7. The SMILES string of the molecule is CC[C@H]1CC[C@H](C2CC=C(c3cnc(-c4ccc(CN(CC(=O)O)C(=O)C5CC[C@@H](NC(=O)Cc6ccc(OC)cc6)C5)cc4)nc3)CC2)CC1. The monoisotopic (exact) mass is 692 g/mol. The summed E-state index contributed by atoms with van der Waals surface area (Å²) in [4.78, 5) is 48.8. The van der Waals surface area contributed by atoms with Crippen molar-refractivity contribution in [3.8, 4) is 17.1 Å². The minimum absolute atomic E-state index is 0.0986. The second-order valence-corrected chi connectivity index (χ2v) is 14.8. The molecule has 0 aliphatic heterocycles. The van der Waals surface area contributed by atoms with Gasteiger partial charge in [0.05, 0.1) is 13.5 Å². The molecule has 3 aromatic rings. The summed E-state index contributed by atoms with van der Waals surface area (Å²) in [5.74, 6) is 2.31. The summed E-state index contributed by atoms with van der Waals surface area (Å²) >= 11 is 0. The second-order valence-electron chi connectivity index (χ2n) is 14.8. The molecule has 2 fully saturated rings. The average Bonchev–Trinajstić information content (AvgIpc) is 3.63. The standard InChI is InChI=1S/C42H52N4O5/c1-3-28-4-10-31(11-5-28)32-14-16-33(17-15-32)36-24-43-41(44-25-36)34-12-6-30(7-13-34)26-46(27-40(48)49)42(50)35-18-19-37(23-35)45-39(47)22-29-8-20-38(51-2)21-9-29/h6-9,12-13,16,20-21,24-25,28,31-32,35,37H,3-5,10-11,14-15,17-19,22-23,26-27H2,1-2H3,(H,45,47)(H,48,49)/t28-,31-,32?,35?,37-/m1/s1. The van der Waals surface area contributed by atoms with Crippen molar-refractivity contribution in [1.82, 2.24) is 20.2 Å². The Morgan fingerprint density at radius 3 is 2.20 bits per heavy atom. The fraction of sp³-hybridized carbons (Fsp3) is 0.500. The normalized spacial score (nSPS) is 23.3. The molecule has 0 saturated heterocycles. The molecule has 2 saturated carbocycles. The summed E-state index contributed by atoms with van der Waals surface area (Å²) in [7, 11) is 1.60. The number of carbonyl (C=O) groups is 3. The first kappa shape index (κ1) is 36.3. The van der Waals surface area contributed by atoms with E-state index in [1.54, 1.807) is 7.11 Å². The number of carbonyl (C=O) groups excluding carboxylic acids is 2. The third kappa shape index (κ3) is 9.63. The van der Waals surface area contributed by atoms with Crippen molar-refractivity contribution in [3.05, 3.63) is 83.7 Å². The molecule has 51 heavy (non-hydrogen) atoms. The second kappa shape index (κ2) is 17.1. The molecule has 1 heterocycles. The number of methoxy groups -OCH3 is 1. The van der Waals surface area contributed by atoms with Gasteiger partial charge in [-0.05, 0) is 98.0 Å². The van der Waals surface area contributed by atoms with E-state index in [0.717, 1.165) is 58.6 Å². The number of amides is 2. The molecular formula is C42H52N4O5. The highest BCUT2D eigenvalue weighted by Gasteiger charge is 2.34. The topological polar surface area (TPSA) is 122 Å². The smallest absolute Gasteiger partial charge is 0.323 e. The molecule has 2 amide bonds. The van der Waals surface area contributed by atoms with E-state index in [4.69, 9.17) is 4.74 Å². The van der Waals surface area contributed by atoms with E-state index >= 15 is 0 Å². The molecule has 270 valence electrons. The molecule has 3 aliphatic rings. The number of rotatable bonds is 13. The van der Waals surface area contributed by atoms with Crippen LogP contribution in [0.4, 0.5) is 0 Å². The predicted octanol–water partition coefficient (Wildman–Crippen LogP) is 7.49. The Hall–Kier alpha value is -4.53. The number of hydrogen-bond donors (Lipinski definition) is 2. The maximum Gasteiger partial charge on any atom is 0.323 e. The van der Waals surface area contributed by atoms with Crippen molar-refractivity contribution in [2.45, 2.75) is 96.6 Å². The molecule has 9 heteroatoms. The third-order valence-electron chi connectivity index (χ3n) is 11.5. The van der Waals surface area contributed by atoms with Crippen LogP contribution < -0.4 is 10.1 Å². The number of allylic oxidation sites excluding steroid dienone is 2. The first-order valence-electron chi connectivity index (χ1n) is 18.8. The van der Waals surface area contributed by atoms with E-state index in [-0.39, 0.29) is 43.3 Å². The van der Waals surface area contributed by atoms with Crippen molar-refractivity contribution in [3.63, 3.8) is 0 Å². The van der Waals surface area contributed by atoms with Gasteiger partial charge in [-0.1, -0.05) is 68.7 Å². The quantitative estimate of drug-likeness (QED) is 0.190. The van der Waals surface area contributed by atoms with E-state index in [2.05, 4.69) is 28.3 Å². The van der Waals surface area contributed by atoms with Gasteiger partial charge in [-0.25, -0.2) is 9.97 Å². The maximum absolute atomic E-state index is 13.6. The van der Waals surface area contributed by atoms with E-state index in [0.29, 0.717) is 25.1 Å². The van der Waals surface area contributed by atoms with E-state index in [1.165, 1.54) is 49.0 Å². The number of carboxylic acid groups (broad SMARTS) is 1. The van der Waals surface area contributed by atoms with Crippen molar-refractivity contribution >= 4 is 23.4 Å². The number of hydrogen-bond acceptors (Lipinski definition) is 6. The molecule has 2 unspecified atom stereocenters. The van der Waals surface area contributed by atoms with Crippen LogP contribution in [0.5, 0.6) is 5.75 Å². The van der Waals surface area contributed by atoms with Gasteiger partial charge >= 0.3 is 5.97 Å². The molecule has 0 bridgehead atoms. The van der Waals surface area contributed by atoms with Gasteiger partial charge in [0.1, 0.15) is 12.3 Å². The lowest BCUT2D eigenvalue weighted by Crippen LogP contribution is -2.39. The molecule has 3 atom stereocenters. The lowest BCUT2D eigenvalue weighted by Gasteiger charge is -2.35. The zero-order valence-corrected chi connectivity index (χ0v) is 30.1. The Morgan fingerprint density at radius 2 is 1.57 bits per heavy atom. The highest BCUT2D eigenvalue weighted by Crippen LogP contribution is 2.41. The number of aliphatic carboxylic acids is 1. The highest BCUT2D eigenvalue weighted by atomic mass is 16.5. The summed E-state index contributed by atoms with van der Waals surface area (Å²) in [5, 5.41) is 12.7. The fourth-order valence-corrected chi connectivity index (χ4v) is 8.41. The predicted molar refractivity (Wildman–Crippen MR) is 198 cm³/mol. The van der Waals surface area contributed by atoms with E-state index in [9.17, 15) is 19.5 Å². The van der Waals surface area contributed by atoms with Crippen molar-refractivity contribution < 1.29 is 24.2 Å². The first-order chi connectivity index (χ1) is 24.8. The highest BCUT2D eigenvalue weighted by molar-refractivity contribution is 5.84. The van der Waals surface area contributed by atoms with Gasteiger partial charge in [-0.15, -0.1) is 0 Å². The molecule has 0 radical (unpaired) electrons. The Kier molecular flexibility index (Phi) is 12.2. The summed E-state index contributed by atoms with van der Waals surface area (Å²) in [6.07, 6.45) is 18.7. The molecule has 9 nitrogen and oxygen atoms in total. The van der Waals surface area contributed by atoms with Crippen LogP contribution in [0.25, 0.3) is 17.0 Å². The third-order valence-corrected chi connectivity index (χ3v) is 11.5. The van der Waals surface area contributed by atoms with E-state index < -0.39 is 5.97 Å². The van der Waals surface area contributed by atoms with Crippen LogP contribution >= 0.6 is 0 Å². The van der Waals surface area contributed by atoms with Gasteiger partial charge in [0, 0.05) is 42.0 Å².